The molecule has 0 fully saturated rings. The molecule has 0 atom stereocenters. The molecule has 2 aromatic rings. The van der Waals surface area contributed by atoms with Crippen LogP contribution in [0.1, 0.15) is 16.2 Å². The summed E-state index contributed by atoms with van der Waals surface area (Å²) in [6, 6.07) is 5.48. The summed E-state index contributed by atoms with van der Waals surface area (Å²) in [6.45, 7) is 1.87. The number of aromatic nitrogens is 2. The maximum Gasteiger partial charge on any atom is 0.174 e. The van der Waals surface area contributed by atoms with Gasteiger partial charge in [0, 0.05) is 14.9 Å². The SMILES string of the molecule is Cc1nsc(Sc2ccc(C=O)cc2Br)n1. The minimum Gasteiger partial charge on any atom is -0.298 e. The molecule has 0 spiro atoms. The molecule has 0 aliphatic rings. The Labute approximate surface area is 110 Å². The number of carbonyl (C=O) groups excluding carboxylic acids is 1. The van der Waals surface area contributed by atoms with Gasteiger partial charge in [-0.15, -0.1) is 0 Å². The van der Waals surface area contributed by atoms with E-state index < -0.39 is 0 Å². The highest BCUT2D eigenvalue weighted by Gasteiger charge is 2.07. The van der Waals surface area contributed by atoms with Gasteiger partial charge < -0.3 is 0 Å². The van der Waals surface area contributed by atoms with Crippen LogP contribution in [0.25, 0.3) is 0 Å². The number of hydrogen-bond donors (Lipinski definition) is 0. The highest BCUT2D eigenvalue weighted by Crippen LogP contribution is 2.34. The molecule has 1 heterocycles. The summed E-state index contributed by atoms with van der Waals surface area (Å²) in [6.07, 6.45) is 0.828. The highest BCUT2D eigenvalue weighted by molar-refractivity contribution is 9.10. The first-order valence-electron chi connectivity index (χ1n) is 4.42. The topological polar surface area (TPSA) is 42.9 Å². The molecule has 0 N–H and O–H groups in total. The van der Waals surface area contributed by atoms with Crippen LogP contribution in [0.15, 0.2) is 31.9 Å². The predicted octanol–water partition coefficient (Wildman–Crippen LogP) is 3.57. The van der Waals surface area contributed by atoms with Crippen molar-refractivity contribution in [3.63, 3.8) is 0 Å². The maximum atomic E-state index is 10.6. The minimum atomic E-state index is 0.657. The molecule has 0 aliphatic heterocycles. The van der Waals surface area contributed by atoms with Gasteiger partial charge in [-0.1, -0.05) is 17.8 Å². The van der Waals surface area contributed by atoms with Crippen molar-refractivity contribution >= 4 is 45.5 Å². The van der Waals surface area contributed by atoms with Crippen LogP contribution >= 0.6 is 39.2 Å². The van der Waals surface area contributed by atoms with Crippen LogP contribution < -0.4 is 0 Å². The number of rotatable bonds is 3. The van der Waals surface area contributed by atoms with Crippen molar-refractivity contribution in [3.05, 3.63) is 34.1 Å². The highest BCUT2D eigenvalue weighted by atomic mass is 79.9. The predicted molar refractivity (Wildman–Crippen MR) is 68.3 cm³/mol. The molecule has 82 valence electrons. The monoisotopic (exact) mass is 314 g/mol. The van der Waals surface area contributed by atoms with Crippen LogP contribution in [0.3, 0.4) is 0 Å². The van der Waals surface area contributed by atoms with Crippen molar-refractivity contribution in [2.45, 2.75) is 16.2 Å². The lowest BCUT2D eigenvalue weighted by atomic mass is 10.2. The van der Waals surface area contributed by atoms with Gasteiger partial charge in [0.15, 0.2) is 4.34 Å². The fourth-order valence-electron chi connectivity index (χ4n) is 1.09. The number of carbonyl (C=O) groups is 1. The Balaban J connectivity index is 2.25. The zero-order valence-electron chi connectivity index (χ0n) is 8.31. The van der Waals surface area contributed by atoms with Crippen molar-refractivity contribution < 1.29 is 4.79 Å². The van der Waals surface area contributed by atoms with E-state index in [1.54, 1.807) is 12.1 Å². The number of aryl methyl sites for hydroxylation is 1. The van der Waals surface area contributed by atoms with Crippen LogP contribution in [0.2, 0.25) is 0 Å². The molecule has 1 aromatic heterocycles. The zero-order chi connectivity index (χ0) is 11.5. The first-order chi connectivity index (χ1) is 7.69. The number of halogens is 1. The zero-order valence-corrected chi connectivity index (χ0v) is 11.5. The smallest absolute Gasteiger partial charge is 0.174 e. The van der Waals surface area contributed by atoms with Gasteiger partial charge in [-0.25, -0.2) is 4.98 Å². The van der Waals surface area contributed by atoms with Gasteiger partial charge in [-0.05, 0) is 46.5 Å². The molecule has 2 rings (SSSR count). The molecule has 0 saturated heterocycles. The largest absolute Gasteiger partial charge is 0.298 e. The van der Waals surface area contributed by atoms with E-state index in [-0.39, 0.29) is 0 Å². The van der Waals surface area contributed by atoms with Crippen LogP contribution in [-0.4, -0.2) is 15.6 Å². The second-order valence-electron chi connectivity index (χ2n) is 3.02. The lowest BCUT2D eigenvalue weighted by molar-refractivity contribution is 0.112. The second kappa shape index (κ2) is 5.07. The number of hydrogen-bond acceptors (Lipinski definition) is 5. The number of aldehydes is 1. The average Bonchev–Trinajstić information content (AvgIpc) is 2.67. The minimum absolute atomic E-state index is 0.657. The molecule has 0 saturated carbocycles. The van der Waals surface area contributed by atoms with Gasteiger partial charge in [0.2, 0.25) is 0 Å². The van der Waals surface area contributed by atoms with Crippen LogP contribution in [-0.2, 0) is 0 Å². The number of benzene rings is 1. The third-order valence-electron chi connectivity index (χ3n) is 1.80. The average molecular weight is 315 g/mol. The van der Waals surface area contributed by atoms with E-state index in [0.29, 0.717) is 5.56 Å². The van der Waals surface area contributed by atoms with Gasteiger partial charge >= 0.3 is 0 Å². The molecule has 3 nitrogen and oxygen atoms in total. The van der Waals surface area contributed by atoms with E-state index in [9.17, 15) is 4.79 Å². The fraction of sp³-hybridized carbons (Fsp3) is 0.100. The Morgan fingerprint density at radius 1 is 1.50 bits per heavy atom. The summed E-state index contributed by atoms with van der Waals surface area (Å²) in [7, 11) is 0. The Hall–Kier alpha value is -0.720. The van der Waals surface area contributed by atoms with Gasteiger partial charge in [0.25, 0.3) is 0 Å². The van der Waals surface area contributed by atoms with Gasteiger partial charge in [0.1, 0.15) is 12.1 Å². The first kappa shape index (κ1) is 11.8. The number of nitrogens with zero attached hydrogens (tertiary/aromatic N) is 2. The van der Waals surface area contributed by atoms with Crippen LogP contribution in [0.5, 0.6) is 0 Å². The standard InChI is InChI=1S/C10H7BrN2OS2/c1-6-12-10(16-13-6)15-9-3-2-7(5-14)4-8(9)11/h2-5H,1H3. The second-order valence-corrected chi connectivity index (χ2v) is 5.91. The van der Waals surface area contributed by atoms with E-state index in [2.05, 4.69) is 25.3 Å². The van der Waals surface area contributed by atoms with E-state index in [1.165, 1.54) is 23.3 Å². The van der Waals surface area contributed by atoms with Crippen molar-refractivity contribution in [3.8, 4) is 0 Å². The Morgan fingerprint density at radius 2 is 2.31 bits per heavy atom. The molecule has 0 radical (unpaired) electrons. The molecule has 16 heavy (non-hydrogen) atoms. The lowest BCUT2D eigenvalue weighted by Crippen LogP contribution is -1.81. The molecule has 0 aliphatic carbocycles. The molecule has 6 heteroatoms. The van der Waals surface area contributed by atoms with Gasteiger partial charge in [-0.2, -0.15) is 4.37 Å². The van der Waals surface area contributed by atoms with Crippen molar-refractivity contribution in [2.75, 3.05) is 0 Å². The summed E-state index contributed by atoms with van der Waals surface area (Å²) >= 11 is 6.34. The van der Waals surface area contributed by atoms with Crippen LogP contribution in [0.4, 0.5) is 0 Å². The Kier molecular flexibility index (Phi) is 3.73. The third-order valence-corrected chi connectivity index (χ3v) is 4.64. The molecular formula is C10H7BrN2OS2. The molecule has 0 bridgehead atoms. The van der Waals surface area contributed by atoms with E-state index in [0.717, 1.165) is 25.8 Å². The summed E-state index contributed by atoms with van der Waals surface area (Å²) in [5.74, 6) is 0.785. The fourth-order valence-corrected chi connectivity index (χ4v) is 3.34. The van der Waals surface area contributed by atoms with Crippen molar-refractivity contribution in [2.24, 2.45) is 0 Å². The Bertz CT molecular complexity index is 527. The lowest BCUT2D eigenvalue weighted by Gasteiger charge is -2.01. The summed E-state index contributed by atoms with van der Waals surface area (Å²) in [5.41, 5.74) is 0.657. The van der Waals surface area contributed by atoms with Crippen LogP contribution in [0, 0.1) is 6.92 Å². The maximum absolute atomic E-state index is 10.6. The normalized spacial score (nSPS) is 10.4. The van der Waals surface area contributed by atoms with Crippen molar-refractivity contribution in [1.82, 2.24) is 9.36 Å². The molecular weight excluding hydrogens is 308 g/mol. The van der Waals surface area contributed by atoms with E-state index in [1.807, 2.05) is 13.0 Å². The van der Waals surface area contributed by atoms with E-state index >= 15 is 0 Å². The van der Waals surface area contributed by atoms with Crippen molar-refractivity contribution in [1.29, 1.82) is 0 Å². The quantitative estimate of drug-likeness (QED) is 0.812. The summed E-state index contributed by atoms with van der Waals surface area (Å²) < 4.78 is 5.91. The molecule has 0 unspecified atom stereocenters. The molecule has 1 aromatic carbocycles. The third kappa shape index (κ3) is 2.69. The first-order valence-corrected chi connectivity index (χ1v) is 6.80. The van der Waals surface area contributed by atoms with Gasteiger partial charge in [0.05, 0.1) is 0 Å². The van der Waals surface area contributed by atoms with Gasteiger partial charge in [-0.3, -0.25) is 4.79 Å². The summed E-state index contributed by atoms with van der Waals surface area (Å²) in [4.78, 5) is 15.9. The molecule has 0 amide bonds. The summed E-state index contributed by atoms with van der Waals surface area (Å²) in [5, 5.41) is 0. The van der Waals surface area contributed by atoms with E-state index in [4.69, 9.17) is 0 Å². The Morgan fingerprint density at radius 3 is 2.88 bits per heavy atom.